The van der Waals surface area contributed by atoms with Gasteiger partial charge in [0.15, 0.2) is 0 Å². The van der Waals surface area contributed by atoms with Crippen LogP contribution in [0.1, 0.15) is 13.8 Å². The Labute approximate surface area is 71.3 Å². The van der Waals surface area contributed by atoms with Gasteiger partial charge in [-0.15, -0.1) is 0 Å². The zero-order valence-corrected chi connectivity index (χ0v) is 7.90. The third kappa shape index (κ3) is 25.3. The van der Waals surface area contributed by atoms with Crippen molar-refractivity contribution in [1.29, 1.82) is 0 Å². The molecule has 0 bridgehead atoms. The fourth-order valence-corrected chi connectivity index (χ4v) is 0.866. The summed E-state index contributed by atoms with van der Waals surface area (Å²) in [6.45, 7) is 2.52. The van der Waals surface area contributed by atoms with Crippen molar-refractivity contribution in [3.8, 4) is 0 Å². The molecule has 0 saturated heterocycles. The van der Waals surface area contributed by atoms with Crippen LogP contribution in [0.3, 0.4) is 0 Å². The molecule has 0 spiro atoms. The third-order valence-corrected chi connectivity index (χ3v) is 1.90. The predicted molar refractivity (Wildman–Crippen MR) is 37.6 cm³/mol. The molecule has 0 heterocycles. The fourth-order valence-electron chi connectivity index (χ4n) is 0.289. The Balaban J connectivity index is 0. The minimum atomic E-state index is -4.51. The molecule has 1 nitrogen and oxygen atoms in total. The molecule has 0 N–H and O–H groups in total. The molecule has 0 rings (SSSR count). The molecule has 0 aliphatic rings. The Kier molecular flexibility index (Phi) is 10.5. The average molecular weight is 184 g/mol. The van der Waals surface area contributed by atoms with Crippen LogP contribution in [0.4, 0.5) is 13.2 Å². The van der Waals surface area contributed by atoms with E-state index in [0.29, 0.717) is 0 Å². The molecule has 0 radical (unpaired) electrons. The molecular formula is C6H12AlF3O. The second kappa shape index (κ2) is 8.38. The van der Waals surface area contributed by atoms with Gasteiger partial charge in [0.1, 0.15) is 0 Å². The molecule has 0 saturated carbocycles. The fraction of sp³-hybridized carbons (Fsp3) is 1.00. The predicted octanol–water partition coefficient (Wildman–Crippen LogP) is 1.48. The standard InChI is InChI=1S/C2H2F3O.2C2H5.Al/c3-2(4,5)1-6;2*1-2;/h1H2;2*1H2,2H3;/q-1;;;+1. The van der Waals surface area contributed by atoms with Crippen LogP contribution in [0, 0.1) is 0 Å². The minimum Gasteiger partial charge on any atom is -0.848 e. The molecule has 0 fully saturated rings. The van der Waals surface area contributed by atoms with Gasteiger partial charge in [-0.3, -0.25) is 0 Å². The van der Waals surface area contributed by atoms with Crippen LogP contribution in [0.5, 0.6) is 0 Å². The Bertz CT molecular complexity index is 72.7. The number of hydrogen-bond acceptors (Lipinski definition) is 1. The van der Waals surface area contributed by atoms with E-state index in [1.165, 1.54) is 10.6 Å². The first kappa shape index (κ1) is 13.8. The van der Waals surface area contributed by atoms with Crippen molar-refractivity contribution in [3.05, 3.63) is 0 Å². The zero-order valence-electron chi connectivity index (χ0n) is 6.74. The molecule has 0 aromatic rings. The average Bonchev–Trinajstić information content (AvgIpc) is 1.90. The van der Waals surface area contributed by atoms with Crippen molar-refractivity contribution in [2.75, 3.05) is 6.61 Å². The van der Waals surface area contributed by atoms with E-state index in [1.54, 1.807) is 0 Å². The molecule has 0 aromatic carbocycles. The van der Waals surface area contributed by atoms with Crippen LogP contribution in [0.15, 0.2) is 0 Å². The van der Waals surface area contributed by atoms with Crippen molar-refractivity contribution in [2.24, 2.45) is 0 Å². The summed E-state index contributed by atoms with van der Waals surface area (Å²) in [5.41, 5.74) is 0. The summed E-state index contributed by atoms with van der Waals surface area (Å²) in [5.74, 6) is 0. The number of halogens is 3. The van der Waals surface area contributed by atoms with E-state index < -0.39 is 12.8 Å². The van der Waals surface area contributed by atoms with Gasteiger partial charge in [-0.2, -0.15) is 13.2 Å². The first-order valence-corrected chi connectivity index (χ1v) is 5.07. The van der Waals surface area contributed by atoms with Crippen molar-refractivity contribution >= 4 is 15.2 Å². The minimum absolute atomic E-state index is 0.815. The Hall–Kier alpha value is 0.282. The van der Waals surface area contributed by atoms with Crippen LogP contribution >= 0.6 is 0 Å². The molecule has 5 heteroatoms. The number of alkyl halides is 3. The van der Waals surface area contributed by atoms with Gasteiger partial charge in [0.25, 0.3) is 0 Å². The monoisotopic (exact) mass is 184 g/mol. The van der Waals surface area contributed by atoms with E-state index in [9.17, 15) is 13.2 Å². The summed E-state index contributed by atoms with van der Waals surface area (Å²) < 4.78 is 31.4. The summed E-state index contributed by atoms with van der Waals surface area (Å²) in [7, 11) is 0. The third-order valence-electron chi connectivity index (χ3n) is 0.741. The molecule has 11 heavy (non-hydrogen) atoms. The first-order valence-electron chi connectivity index (χ1n) is 3.44. The Morgan fingerprint density at radius 1 is 1.18 bits per heavy atom. The van der Waals surface area contributed by atoms with E-state index in [4.69, 9.17) is 5.11 Å². The van der Waals surface area contributed by atoms with E-state index in [0.717, 1.165) is 15.2 Å². The van der Waals surface area contributed by atoms with E-state index in [-0.39, 0.29) is 0 Å². The maximum Gasteiger partial charge on any atom is 0.374 e. The van der Waals surface area contributed by atoms with E-state index >= 15 is 0 Å². The summed E-state index contributed by atoms with van der Waals surface area (Å²) in [4.78, 5) is 0. The quantitative estimate of drug-likeness (QED) is 0.596. The van der Waals surface area contributed by atoms with Gasteiger partial charge in [-0.1, -0.05) is 0 Å². The smallest absolute Gasteiger partial charge is 0.374 e. The number of rotatable bonds is 2. The molecule has 0 aliphatic carbocycles. The molecule has 66 valence electrons. The second-order valence-electron chi connectivity index (χ2n) is 1.86. The topological polar surface area (TPSA) is 23.1 Å². The van der Waals surface area contributed by atoms with E-state index in [1.807, 2.05) is 0 Å². The van der Waals surface area contributed by atoms with Crippen LogP contribution in [-0.4, -0.2) is 28.0 Å². The first-order chi connectivity index (χ1) is 4.97. The van der Waals surface area contributed by atoms with Crippen molar-refractivity contribution < 1.29 is 18.3 Å². The molecular weight excluding hydrogens is 172 g/mol. The summed E-state index contributed by atoms with van der Waals surface area (Å²) in [5, 5.41) is 11.7. The second-order valence-corrected chi connectivity index (χ2v) is 4.08. The van der Waals surface area contributed by atoms with Crippen LogP contribution in [0.2, 0.25) is 10.6 Å². The van der Waals surface area contributed by atoms with Crippen molar-refractivity contribution in [2.45, 2.75) is 30.6 Å². The SMILES string of the molecule is C[CH2][Al+][CH2]C.[O-]CC(F)(F)F. The van der Waals surface area contributed by atoms with Crippen LogP contribution in [-0.2, 0) is 0 Å². The van der Waals surface area contributed by atoms with Gasteiger partial charge in [0, 0.05) is 0 Å². The van der Waals surface area contributed by atoms with Crippen LogP contribution in [0.25, 0.3) is 0 Å². The van der Waals surface area contributed by atoms with Crippen LogP contribution < -0.4 is 5.11 Å². The maximum absolute atomic E-state index is 10.5. The molecule has 0 aromatic heterocycles. The normalized spacial score (nSPS) is 9.64. The zero-order chi connectivity index (χ0) is 9.33. The van der Waals surface area contributed by atoms with Gasteiger partial charge < -0.3 is 5.11 Å². The Morgan fingerprint density at radius 2 is 1.45 bits per heavy atom. The Morgan fingerprint density at radius 3 is 1.45 bits per heavy atom. The van der Waals surface area contributed by atoms with Gasteiger partial charge in [-0.25, -0.2) is 0 Å². The number of hydrogen-bond donors (Lipinski definition) is 0. The summed E-state index contributed by atoms with van der Waals surface area (Å²) in [6.07, 6.45) is -4.51. The van der Waals surface area contributed by atoms with Gasteiger partial charge in [-0.05, 0) is 6.61 Å². The summed E-state index contributed by atoms with van der Waals surface area (Å²) >= 11 is 0.815. The molecule has 0 amide bonds. The van der Waals surface area contributed by atoms with Gasteiger partial charge >= 0.3 is 45.8 Å². The maximum atomic E-state index is 10.5. The van der Waals surface area contributed by atoms with Gasteiger partial charge in [0.2, 0.25) is 0 Å². The molecule has 0 atom stereocenters. The van der Waals surface area contributed by atoms with Crippen molar-refractivity contribution in [1.82, 2.24) is 0 Å². The van der Waals surface area contributed by atoms with Crippen molar-refractivity contribution in [3.63, 3.8) is 0 Å². The largest absolute Gasteiger partial charge is 0.848 e. The molecule has 0 unspecified atom stereocenters. The van der Waals surface area contributed by atoms with Gasteiger partial charge in [0.05, 0.1) is 0 Å². The summed E-state index contributed by atoms with van der Waals surface area (Å²) in [6, 6.07) is 0. The molecule has 0 aliphatic heterocycles. The van der Waals surface area contributed by atoms with E-state index in [2.05, 4.69) is 13.8 Å².